The van der Waals surface area contributed by atoms with Gasteiger partial charge in [-0.25, -0.2) is 0 Å². The summed E-state index contributed by atoms with van der Waals surface area (Å²) in [5.74, 6) is 1.62. The number of rotatable bonds is 0. The third-order valence-corrected chi connectivity index (χ3v) is 6.95. The Morgan fingerprint density at radius 2 is 1.81 bits per heavy atom. The molecule has 3 aliphatic carbocycles. The molecular weight excluding hydrogens is 196 g/mol. The van der Waals surface area contributed by atoms with Gasteiger partial charge in [-0.15, -0.1) is 0 Å². The van der Waals surface area contributed by atoms with Gasteiger partial charge in [0.15, 0.2) is 0 Å². The van der Waals surface area contributed by atoms with Gasteiger partial charge in [0.2, 0.25) is 0 Å². The fourth-order valence-electron chi connectivity index (χ4n) is 6.23. The van der Waals surface area contributed by atoms with Crippen LogP contribution < -0.4 is 0 Å². The molecule has 0 saturated heterocycles. The van der Waals surface area contributed by atoms with Crippen molar-refractivity contribution in [3.63, 3.8) is 0 Å². The van der Waals surface area contributed by atoms with E-state index in [2.05, 4.69) is 27.7 Å². The van der Waals surface area contributed by atoms with E-state index in [1.807, 2.05) is 0 Å². The third kappa shape index (κ3) is 0.762. The zero-order valence-electron chi connectivity index (χ0n) is 11.1. The minimum atomic E-state index is -0.0618. The molecule has 3 rings (SSSR count). The normalized spacial score (nSPS) is 54.1. The van der Waals surface area contributed by atoms with Crippen molar-refractivity contribution in [1.82, 2.24) is 0 Å². The molecule has 90 valence electrons. The summed E-state index contributed by atoms with van der Waals surface area (Å²) in [6, 6.07) is 0. The maximum Gasteiger partial charge on any atom is 0.142 e. The van der Waals surface area contributed by atoms with E-state index < -0.39 is 0 Å². The zero-order valence-corrected chi connectivity index (χ0v) is 11.1. The Morgan fingerprint density at radius 1 is 1.12 bits per heavy atom. The zero-order chi connectivity index (χ0) is 11.8. The number of Topliss-reactive ketones (excluding diaryl/α,β-unsaturated/α-hetero) is 1. The molecule has 0 heterocycles. The quantitative estimate of drug-likeness (QED) is 0.606. The fraction of sp³-hybridized carbons (Fsp3) is 0.933. The number of hydrogen-bond donors (Lipinski definition) is 0. The van der Waals surface area contributed by atoms with Crippen LogP contribution in [0.15, 0.2) is 0 Å². The van der Waals surface area contributed by atoms with Gasteiger partial charge in [0.1, 0.15) is 5.78 Å². The molecule has 3 fully saturated rings. The van der Waals surface area contributed by atoms with Crippen LogP contribution in [-0.4, -0.2) is 5.78 Å². The van der Waals surface area contributed by atoms with Crippen molar-refractivity contribution in [2.75, 3.05) is 0 Å². The van der Waals surface area contributed by atoms with Crippen LogP contribution in [0.4, 0.5) is 0 Å². The van der Waals surface area contributed by atoms with Crippen LogP contribution in [-0.2, 0) is 4.79 Å². The van der Waals surface area contributed by atoms with Crippen molar-refractivity contribution in [2.24, 2.45) is 28.1 Å². The van der Waals surface area contributed by atoms with Gasteiger partial charge in [0, 0.05) is 11.3 Å². The monoisotopic (exact) mass is 220 g/mol. The van der Waals surface area contributed by atoms with E-state index >= 15 is 0 Å². The van der Waals surface area contributed by atoms with E-state index in [0.717, 1.165) is 5.92 Å². The van der Waals surface area contributed by atoms with E-state index in [9.17, 15) is 4.79 Å². The molecule has 0 aromatic heterocycles. The SMILES string of the molecule is CC1C(=O)C(C)(C)C23CCCC12[C@@H](C)CC3. The van der Waals surface area contributed by atoms with Gasteiger partial charge >= 0.3 is 0 Å². The number of hydrogen-bond acceptors (Lipinski definition) is 1. The van der Waals surface area contributed by atoms with Gasteiger partial charge in [-0.1, -0.05) is 34.1 Å². The Labute approximate surface area is 99.0 Å². The van der Waals surface area contributed by atoms with E-state index in [0.29, 0.717) is 22.5 Å². The van der Waals surface area contributed by atoms with Crippen LogP contribution in [0.25, 0.3) is 0 Å². The Hall–Kier alpha value is -0.330. The molecule has 0 aromatic rings. The lowest BCUT2D eigenvalue weighted by Gasteiger charge is -2.44. The van der Waals surface area contributed by atoms with Crippen LogP contribution in [0, 0.1) is 28.1 Å². The summed E-state index contributed by atoms with van der Waals surface area (Å²) < 4.78 is 0. The van der Waals surface area contributed by atoms with E-state index in [1.165, 1.54) is 32.1 Å². The van der Waals surface area contributed by atoms with Crippen LogP contribution in [0.3, 0.4) is 0 Å². The molecule has 0 aliphatic heterocycles. The second-order valence-corrected chi connectivity index (χ2v) is 7.13. The highest BCUT2D eigenvalue weighted by Gasteiger charge is 2.75. The second-order valence-electron chi connectivity index (χ2n) is 7.13. The first kappa shape index (κ1) is 10.8. The molecule has 1 heteroatoms. The molecule has 0 amide bonds. The fourth-order valence-corrected chi connectivity index (χ4v) is 6.23. The Bertz CT molecular complexity index is 352. The van der Waals surface area contributed by atoms with Crippen molar-refractivity contribution in [1.29, 1.82) is 0 Å². The summed E-state index contributed by atoms with van der Waals surface area (Å²) in [5.41, 5.74) is 0.664. The van der Waals surface area contributed by atoms with Crippen LogP contribution in [0.1, 0.15) is 59.8 Å². The molecule has 16 heavy (non-hydrogen) atoms. The molecule has 0 N–H and O–H groups in total. The van der Waals surface area contributed by atoms with E-state index in [1.54, 1.807) is 0 Å². The highest BCUT2D eigenvalue weighted by Crippen LogP contribution is 2.78. The minimum absolute atomic E-state index is 0.0618. The van der Waals surface area contributed by atoms with Crippen LogP contribution >= 0.6 is 0 Å². The maximum atomic E-state index is 12.6. The highest BCUT2D eigenvalue weighted by molar-refractivity contribution is 5.91. The van der Waals surface area contributed by atoms with Crippen molar-refractivity contribution in [3.8, 4) is 0 Å². The van der Waals surface area contributed by atoms with Gasteiger partial charge < -0.3 is 0 Å². The summed E-state index contributed by atoms with van der Waals surface area (Å²) in [4.78, 5) is 12.6. The second kappa shape index (κ2) is 2.73. The lowest BCUT2D eigenvalue weighted by atomic mass is 9.58. The minimum Gasteiger partial charge on any atom is -0.299 e. The number of ketones is 1. The number of carbonyl (C=O) groups excluding carboxylic acids is 1. The lowest BCUT2D eigenvalue weighted by molar-refractivity contribution is -0.130. The smallest absolute Gasteiger partial charge is 0.142 e. The molecule has 3 aliphatic rings. The highest BCUT2D eigenvalue weighted by atomic mass is 16.1. The summed E-state index contributed by atoms with van der Waals surface area (Å²) in [7, 11) is 0. The first-order valence-electron chi connectivity index (χ1n) is 6.94. The molecule has 3 saturated carbocycles. The van der Waals surface area contributed by atoms with Crippen LogP contribution in [0.2, 0.25) is 0 Å². The summed E-state index contributed by atoms with van der Waals surface area (Å²) in [6.45, 7) is 9.09. The largest absolute Gasteiger partial charge is 0.299 e. The third-order valence-electron chi connectivity index (χ3n) is 6.95. The molecule has 3 unspecified atom stereocenters. The molecule has 1 nitrogen and oxygen atoms in total. The summed E-state index contributed by atoms with van der Waals surface area (Å²) in [6.07, 6.45) is 6.62. The van der Waals surface area contributed by atoms with Gasteiger partial charge in [0.05, 0.1) is 0 Å². The lowest BCUT2D eigenvalue weighted by Crippen LogP contribution is -2.41. The Morgan fingerprint density at radius 3 is 2.44 bits per heavy atom. The molecule has 0 bridgehead atoms. The number of carbonyl (C=O) groups is 1. The standard InChI is InChI=1S/C15H24O/c1-10-6-9-14-7-5-8-15(10,14)11(2)12(16)13(14,3)4/h10-11H,5-9H2,1-4H3/t10-,11?,14?,15?/m0/s1. The molecule has 4 atom stereocenters. The van der Waals surface area contributed by atoms with Gasteiger partial charge in [0.25, 0.3) is 0 Å². The Kier molecular flexibility index (Phi) is 1.85. The van der Waals surface area contributed by atoms with Gasteiger partial charge in [-0.3, -0.25) is 4.79 Å². The van der Waals surface area contributed by atoms with Crippen molar-refractivity contribution >= 4 is 5.78 Å². The van der Waals surface area contributed by atoms with Crippen LogP contribution in [0.5, 0.6) is 0 Å². The predicted molar refractivity (Wildman–Crippen MR) is 65.1 cm³/mol. The average molecular weight is 220 g/mol. The Balaban J connectivity index is 2.24. The predicted octanol–water partition coefficient (Wildman–Crippen LogP) is 3.82. The first-order chi connectivity index (χ1) is 7.40. The van der Waals surface area contributed by atoms with Crippen molar-refractivity contribution in [3.05, 3.63) is 0 Å². The average Bonchev–Trinajstić information content (AvgIpc) is 2.78. The molecular formula is C15H24O. The first-order valence-corrected chi connectivity index (χ1v) is 6.94. The van der Waals surface area contributed by atoms with Gasteiger partial charge in [-0.2, -0.15) is 0 Å². The molecule has 0 spiro atoms. The van der Waals surface area contributed by atoms with Gasteiger partial charge in [-0.05, 0) is 42.4 Å². The summed E-state index contributed by atoms with van der Waals surface area (Å²) in [5, 5.41) is 0. The van der Waals surface area contributed by atoms with Crippen molar-refractivity contribution in [2.45, 2.75) is 59.8 Å². The molecule has 0 radical (unpaired) electrons. The van der Waals surface area contributed by atoms with E-state index in [4.69, 9.17) is 0 Å². The van der Waals surface area contributed by atoms with Crippen molar-refractivity contribution < 1.29 is 4.79 Å². The molecule has 0 aromatic carbocycles. The topological polar surface area (TPSA) is 17.1 Å². The maximum absolute atomic E-state index is 12.6. The van der Waals surface area contributed by atoms with E-state index in [-0.39, 0.29) is 5.41 Å². The summed E-state index contributed by atoms with van der Waals surface area (Å²) >= 11 is 0.